The molecule has 1 aliphatic carbocycles. The lowest BCUT2D eigenvalue weighted by Crippen LogP contribution is -2.42. The van der Waals surface area contributed by atoms with Crippen molar-refractivity contribution in [3.63, 3.8) is 0 Å². The highest BCUT2D eigenvalue weighted by Crippen LogP contribution is 2.41. The van der Waals surface area contributed by atoms with Crippen LogP contribution in [-0.4, -0.2) is 41.6 Å². The van der Waals surface area contributed by atoms with Gasteiger partial charge in [-0.15, -0.1) is 11.8 Å². The average Bonchev–Trinajstić information content (AvgIpc) is 3.27. The summed E-state index contributed by atoms with van der Waals surface area (Å²) in [4.78, 5) is 26.7. The van der Waals surface area contributed by atoms with Gasteiger partial charge in [-0.2, -0.15) is 0 Å². The lowest BCUT2D eigenvalue weighted by molar-refractivity contribution is -0.128. The molecule has 1 aromatic carbocycles. The summed E-state index contributed by atoms with van der Waals surface area (Å²) in [7, 11) is 0. The van der Waals surface area contributed by atoms with E-state index >= 15 is 0 Å². The van der Waals surface area contributed by atoms with Gasteiger partial charge in [-0.1, -0.05) is 11.6 Å². The van der Waals surface area contributed by atoms with E-state index in [9.17, 15) is 9.59 Å². The number of carbonyl (C=O) groups is 2. The Balaban J connectivity index is 1.51. The lowest BCUT2D eigenvalue weighted by Gasteiger charge is -2.19. The zero-order valence-electron chi connectivity index (χ0n) is 13.1. The van der Waals surface area contributed by atoms with Gasteiger partial charge in [0.25, 0.3) is 0 Å². The first-order valence-electron chi connectivity index (χ1n) is 7.96. The van der Waals surface area contributed by atoms with Crippen molar-refractivity contribution in [1.82, 2.24) is 10.2 Å². The van der Waals surface area contributed by atoms with Gasteiger partial charge in [0.15, 0.2) is 0 Å². The highest BCUT2D eigenvalue weighted by Gasteiger charge is 2.43. The largest absolute Gasteiger partial charge is 0.350 e. The van der Waals surface area contributed by atoms with Gasteiger partial charge in [0.1, 0.15) is 0 Å². The summed E-state index contributed by atoms with van der Waals surface area (Å²) in [6.07, 6.45) is 2.45. The van der Waals surface area contributed by atoms with Crippen LogP contribution in [0.1, 0.15) is 19.8 Å². The highest BCUT2D eigenvalue weighted by molar-refractivity contribution is 8.00. The molecule has 2 atom stereocenters. The number of hydrogen-bond acceptors (Lipinski definition) is 3. The molecule has 23 heavy (non-hydrogen) atoms. The van der Waals surface area contributed by atoms with Crippen LogP contribution < -0.4 is 5.32 Å². The maximum atomic E-state index is 12.2. The van der Waals surface area contributed by atoms with Crippen LogP contribution in [0, 0.1) is 11.8 Å². The summed E-state index contributed by atoms with van der Waals surface area (Å²) >= 11 is 7.36. The molecule has 0 bridgehead atoms. The van der Waals surface area contributed by atoms with Gasteiger partial charge >= 0.3 is 0 Å². The van der Waals surface area contributed by atoms with E-state index in [0.717, 1.165) is 11.4 Å². The number of halogens is 1. The molecule has 1 aromatic rings. The summed E-state index contributed by atoms with van der Waals surface area (Å²) in [5, 5.41) is 3.83. The molecule has 0 unspecified atom stereocenters. The van der Waals surface area contributed by atoms with E-state index in [-0.39, 0.29) is 17.9 Å². The summed E-state index contributed by atoms with van der Waals surface area (Å²) in [5.41, 5.74) is 0. The van der Waals surface area contributed by atoms with Gasteiger partial charge in [0.2, 0.25) is 11.8 Å². The molecule has 6 heteroatoms. The fraction of sp³-hybridized carbons (Fsp3) is 0.529. The molecular formula is C17H21ClN2O2S. The summed E-state index contributed by atoms with van der Waals surface area (Å²) in [5.74, 6) is 1.61. The standard InChI is InChI=1S/C17H21ClN2O2S/c1-11(21)20-8-15(12-2-3-12)16(9-20)19-17(22)10-23-14-6-4-13(18)5-7-14/h4-7,12,15-16H,2-3,8-10H2,1H3,(H,19,22)/t15-,16+/m0/s1. The maximum Gasteiger partial charge on any atom is 0.230 e. The Morgan fingerprint density at radius 3 is 2.57 bits per heavy atom. The zero-order chi connectivity index (χ0) is 16.4. The molecule has 1 aliphatic heterocycles. The minimum atomic E-state index is 0.0333. The number of rotatable bonds is 5. The van der Waals surface area contributed by atoms with Gasteiger partial charge in [-0.3, -0.25) is 9.59 Å². The van der Waals surface area contributed by atoms with Crippen molar-refractivity contribution in [3.05, 3.63) is 29.3 Å². The van der Waals surface area contributed by atoms with Crippen molar-refractivity contribution >= 4 is 35.2 Å². The van der Waals surface area contributed by atoms with Crippen LogP contribution in [0.3, 0.4) is 0 Å². The normalized spacial score (nSPS) is 23.8. The quantitative estimate of drug-likeness (QED) is 0.829. The number of likely N-dealkylation sites (tertiary alicyclic amines) is 1. The van der Waals surface area contributed by atoms with E-state index in [1.165, 1.54) is 24.6 Å². The monoisotopic (exact) mass is 352 g/mol. The molecule has 1 heterocycles. The molecule has 4 nitrogen and oxygen atoms in total. The smallest absolute Gasteiger partial charge is 0.230 e. The SMILES string of the molecule is CC(=O)N1C[C@@H](NC(=O)CSc2ccc(Cl)cc2)[C@H](C2CC2)C1. The van der Waals surface area contributed by atoms with E-state index in [4.69, 9.17) is 11.6 Å². The second-order valence-corrected chi connectivity index (χ2v) is 7.83. The minimum Gasteiger partial charge on any atom is -0.350 e. The third-order valence-corrected chi connectivity index (χ3v) is 5.83. The number of thioether (sulfide) groups is 1. The molecule has 3 rings (SSSR count). The van der Waals surface area contributed by atoms with E-state index in [1.807, 2.05) is 29.2 Å². The Kier molecular flexibility index (Phi) is 5.17. The van der Waals surface area contributed by atoms with Crippen molar-refractivity contribution in [1.29, 1.82) is 0 Å². The fourth-order valence-electron chi connectivity index (χ4n) is 3.17. The first-order valence-corrected chi connectivity index (χ1v) is 9.32. The molecule has 0 aromatic heterocycles. The lowest BCUT2D eigenvalue weighted by atomic mass is 9.98. The van der Waals surface area contributed by atoms with E-state index < -0.39 is 0 Å². The Hall–Kier alpha value is -1.20. The number of hydrogen-bond donors (Lipinski definition) is 1. The van der Waals surface area contributed by atoms with Gasteiger partial charge in [-0.05, 0) is 43.0 Å². The van der Waals surface area contributed by atoms with Gasteiger partial charge in [0, 0.05) is 35.8 Å². The van der Waals surface area contributed by atoms with Crippen LogP contribution in [-0.2, 0) is 9.59 Å². The molecule has 1 saturated heterocycles. The molecule has 2 amide bonds. The number of carbonyl (C=O) groups excluding carboxylic acids is 2. The topological polar surface area (TPSA) is 49.4 Å². The molecule has 124 valence electrons. The van der Waals surface area contributed by atoms with Crippen LogP contribution >= 0.6 is 23.4 Å². The van der Waals surface area contributed by atoms with Crippen LogP contribution in [0.15, 0.2) is 29.2 Å². The number of nitrogens with one attached hydrogen (secondary N) is 1. The van der Waals surface area contributed by atoms with Gasteiger partial charge in [-0.25, -0.2) is 0 Å². The van der Waals surface area contributed by atoms with Gasteiger partial charge in [0.05, 0.1) is 11.8 Å². The summed E-state index contributed by atoms with van der Waals surface area (Å²) in [6, 6.07) is 7.59. The predicted molar refractivity (Wildman–Crippen MR) is 92.6 cm³/mol. The number of benzene rings is 1. The van der Waals surface area contributed by atoms with Crippen molar-refractivity contribution < 1.29 is 9.59 Å². The van der Waals surface area contributed by atoms with Gasteiger partial charge < -0.3 is 10.2 Å². The second-order valence-electron chi connectivity index (χ2n) is 6.34. The maximum absolute atomic E-state index is 12.2. The van der Waals surface area contributed by atoms with Crippen molar-refractivity contribution in [2.24, 2.45) is 11.8 Å². The molecule has 1 N–H and O–H groups in total. The fourth-order valence-corrected chi connectivity index (χ4v) is 4.00. The van der Waals surface area contributed by atoms with Crippen molar-refractivity contribution in [2.45, 2.75) is 30.7 Å². The Morgan fingerprint density at radius 1 is 1.26 bits per heavy atom. The Bertz CT molecular complexity index is 589. The Morgan fingerprint density at radius 2 is 1.96 bits per heavy atom. The molecule has 0 spiro atoms. The van der Waals surface area contributed by atoms with E-state index in [1.54, 1.807) is 6.92 Å². The summed E-state index contributed by atoms with van der Waals surface area (Å²) < 4.78 is 0. The van der Waals surface area contributed by atoms with E-state index in [0.29, 0.717) is 29.2 Å². The first kappa shape index (κ1) is 16.7. The molecule has 2 aliphatic rings. The molecule has 1 saturated carbocycles. The summed E-state index contributed by atoms with van der Waals surface area (Å²) in [6.45, 7) is 3.04. The molecular weight excluding hydrogens is 332 g/mol. The van der Waals surface area contributed by atoms with E-state index in [2.05, 4.69) is 5.32 Å². The molecule has 0 radical (unpaired) electrons. The van der Waals surface area contributed by atoms with Crippen LogP contribution in [0.5, 0.6) is 0 Å². The van der Waals surface area contributed by atoms with Crippen LogP contribution in [0.4, 0.5) is 0 Å². The third-order valence-electron chi connectivity index (χ3n) is 4.57. The van der Waals surface area contributed by atoms with Crippen LogP contribution in [0.2, 0.25) is 5.02 Å². The minimum absolute atomic E-state index is 0.0333. The average molecular weight is 353 g/mol. The number of amides is 2. The Labute approximate surface area is 145 Å². The predicted octanol–water partition coefficient (Wildman–Crippen LogP) is 2.81. The van der Waals surface area contributed by atoms with Crippen LogP contribution in [0.25, 0.3) is 0 Å². The number of nitrogens with zero attached hydrogens (tertiary/aromatic N) is 1. The highest BCUT2D eigenvalue weighted by atomic mass is 35.5. The second kappa shape index (κ2) is 7.14. The van der Waals surface area contributed by atoms with Crippen molar-refractivity contribution in [3.8, 4) is 0 Å². The molecule has 2 fully saturated rings. The van der Waals surface area contributed by atoms with Crippen molar-refractivity contribution in [2.75, 3.05) is 18.8 Å². The first-order chi connectivity index (χ1) is 11.0. The third kappa shape index (κ3) is 4.42. The zero-order valence-corrected chi connectivity index (χ0v) is 14.7.